The van der Waals surface area contributed by atoms with Gasteiger partial charge in [0.15, 0.2) is 0 Å². The molecule has 2 heterocycles. The van der Waals surface area contributed by atoms with Gasteiger partial charge in [-0.05, 0) is 25.0 Å². The smallest absolute Gasteiger partial charge is 0.348 e. The van der Waals surface area contributed by atoms with Gasteiger partial charge < -0.3 is 19.3 Å². The predicted octanol–water partition coefficient (Wildman–Crippen LogP) is 1.73. The van der Waals surface area contributed by atoms with Gasteiger partial charge >= 0.3 is 23.6 Å². The van der Waals surface area contributed by atoms with Gasteiger partial charge in [0.2, 0.25) is 0 Å². The summed E-state index contributed by atoms with van der Waals surface area (Å²) in [5.41, 5.74) is -0.910. The molecule has 0 aliphatic rings. The zero-order valence-corrected chi connectivity index (χ0v) is 20.1. The van der Waals surface area contributed by atoms with Crippen LogP contribution in [0.25, 0.3) is 10.2 Å². The Morgan fingerprint density at radius 1 is 1.11 bits per heavy atom. The molecule has 12 heteroatoms. The molecule has 1 atom stereocenters. The molecule has 3 rings (SSSR count). The van der Waals surface area contributed by atoms with Gasteiger partial charge in [-0.1, -0.05) is 30.3 Å². The molecule has 11 nitrogen and oxygen atoms in total. The van der Waals surface area contributed by atoms with Gasteiger partial charge in [-0.15, -0.1) is 11.3 Å². The topological polar surface area (TPSA) is 143 Å². The second-order valence-electron chi connectivity index (χ2n) is 7.46. The summed E-state index contributed by atoms with van der Waals surface area (Å²) in [4.78, 5) is 62.8. The number of hydrogen-bond donors (Lipinski definition) is 1. The fourth-order valence-corrected chi connectivity index (χ4v) is 4.77. The van der Waals surface area contributed by atoms with Crippen LogP contribution in [-0.2, 0) is 36.9 Å². The minimum Gasteiger partial charge on any atom is -0.480 e. The second kappa shape index (κ2) is 11.1. The van der Waals surface area contributed by atoms with E-state index in [0.29, 0.717) is 10.1 Å². The third kappa shape index (κ3) is 5.49. The molecule has 0 fully saturated rings. The van der Waals surface area contributed by atoms with E-state index in [1.807, 2.05) is 0 Å². The Morgan fingerprint density at radius 2 is 1.80 bits per heavy atom. The Hall–Kier alpha value is -3.77. The number of esters is 2. The molecular weight excluding hydrogens is 480 g/mol. The minimum absolute atomic E-state index is 0.0222. The summed E-state index contributed by atoms with van der Waals surface area (Å²) in [5, 5.41) is 9.31. The van der Waals surface area contributed by atoms with E-state index >= 15 is 0 Å². The average molecular weight is 505 g/mol. The van der Waals surface area contributed by atoms with E-state index in [4.69, 9.17) is 14.2 Å². The summed E-state index contributed by atoms with van der Waals surface area (Å²) in [6.07, 6.45) is -0.969. The lowest BCUT2D eigenvalue weighted by atomic mass is 10.1. The first-order valence-corrected chi connectivity index (χ1v) is 11.4. The number of rotatable bonds is 10. The van der Waals surface area contributed by atoms with Crippen LogP contribution < -0.4 is 11.2 Å². The molecule has 0 saturated carbocycles. The standard InChI is InChI=1S/C23H24N2O9S/c1-4-33-22(30)19-13(2)18-20(29)24(11-16(26)27)23(31)25(21(18)35-19)10-15(34-17(28)12-32-3)14-8-6-5-7-9-14/h5-9,15H,4,10-12H2,1-3H3,(H,26,27). The van der Waals surface area contributed by atoms with Gasteiger partial charge in [-0.25, -0.2) is 19.0 Å². The lowest BCUT2D eigenvalue weighted by Gasteiger charge is -2.20. The number of nitrogens with zero attached hydrogens (tertiary/aromatic N) is 2. The number of benzene rings is 1. The third-order valence-electron chi connectivity index (χ3n) is 5.10. The molecule has 35 heavy (non-hydrogen) atoms. The Morgan fingerprint density at radius 3 is 2.40 bits per heavy atom. The van der Waals surface area contributed by atoms with E-state index in [1.54, 1.807) is 37.3 Å². The van der Waals surface area contributed by atoms with Crippen molar-refractivity contribution in [1.82, 2.24) is 9.13 Å². The van der Waals surface area contributed by atoms with Crippen molar-refractivity contribution in [2.75, 3.05) is 20.3 Å². The van der Waals surface area contributed by atoms with Crippen LogP contribution in [0.5, 0.6) is 0 Å². The molecule has 0 aliphatic carbocycles. The molecule has 0 spiro atoms. The van der Waals surface area contributed by atoms with Crippen molar-refractivity contribution < 1.29 is 33.7 Å². The number of fused-ring (bicyclic) bond motifs is 1. The van der Waals surface area contributed by atoms with Crippen LogP contribution in [0.15, 0.2) is 39.9 Å². The van der Waals surface area contributed by atoms with E-state index in [-0.39, 0.29) is 40.4 Å². The SMILES string of the molecule is CCOC(=O)c1sc2c(c1C)c(=O)n(CC(=O)O)c(=O)n2CC(OC(=O)COC)c1ccccc1. The highest BCUT2D eigenvalue weighted by Crippen LogP contribution is 2.30. The fourth-order valence-electron chi connectivity index (χ4n) is 3.58. The Bertz CT molecular complexity index is 1370. The monoisotopic (exact) mass is 504 g/mol. The first kappa shape index (κ1) is 25.8. The highest BCUT2D eigenvalue weighted by Gasteiger charge is 2.27. The number of aromatic nitrogens is 2. The highest BCUT2D eigenvalue weighted by atomic mass is 32.1. The maximum Gasteiger partial charge on any atom is 0.348 e. The molecule has 3 aromatic rings. The molecule has 0 saturated heterocycles. The molecule has 0 bridgehead atoms. The zero-order chi connectivity index (χ0) is 25.7. The van der Waals surface area contributed by atoms with Crippen molar-refractivity contribution in [2.24, 2.45) is 0 Å². The molecule has 2 aromatic heterocycles. The Labute approximate surface area is 203 Å². The largest absolute Gasteiger partial charge is 0.480 e. The van der Waals surface area contributed by atoms with Crippen molar-refractivity contribution >= 4 is 39.5 Å². The van der Waals surface area contributed by atoms with E-state index in [0.717, 1.165) is 15.9 Å². The quantitative estimate of drug-likeness (QED) is 0.408. The van der Waals surface area contributed by atoms with Crippen molar-refractivity contribution in [2.45, 2.75) is 33.0 Å². The summed E-state index contributed by atoms with van der Waals surface area (Å²) in [5.74, 6) is -2.74. The lowest BCUT2D eigenvalue weighted by molar-refractivity contribution is -0.154. The molecule has 0 aliphatic heterocycles. The Kier molecular flexibility index (Phi) is 8.20. The zero-order valence-electron chi connectivity index (χ0n) is 19.3. The van der Waals surface area contributed by atoms with E-state index in [2.05, 4.69) is 0 Å². The maximum absolute atomic E-state index is 13.3. The maximum atomic E-state index is 13.3. The van der Waals surface area contributed by atoms with Crippen LogP contribution >= 0.6 is 11.3 Å². The van der Waals surface area contributed by atoms with Crippen molar-refractivity contribution in [3.8, 4) is 0 Å². The van der Waals surface area contributed by atoms with Crippen LogP contribution in [0.1, 0.15) is 33.8 Å². The van der Waals surface area contributed by atoms with Gasteiger partial charge in [0, 0.05) is 7.11 Å². The van der Waals surface area contributed by atoms with Crippen LogP contribution in [0, 0.1) is 6.92 Å². The molecular formula is C23H24N2O9S. The number of methoxy groups -OCH3 is 1. The molecule has 1 aromatic carbocycles. The van der Waals surface area contributed by atoms with Gasteiger partial charge in [-0.3, -0.25) is 14.2 Å². The third-order valence-corrected chi connectivity index (χ3v) is 6.40. The normalized spacial score (nSPS) is 11.9. The highest BCUT2D eigenvalue weighted by molar-refractivity contribution is 7.20. The number of aryl methyl sites for hydroxylation is 1. The summed E-state index contributed by atoms with van der Waals surface area (Å²) in [6, 6.07) is 8.62. The summed E-state index contributed by atoms with van der Waals surface area (Å²) in [6.45, 7) is 1.83. The molecule has 186 valence electrons. The predicted molar refractivity (Wildman–Crippen MR) is 126 cm³/mol. The molecule has 1 unspecified atom stereocenters. The summed E-state index contributed by atoms with van der Waals surface area (Å²) < 4.78 is 17.2. The molecule has 0 amide bonds. The van der Waals surface area contributed by atoms with Gasteiger partial charge in [-0.2, -0.15) is 0 Å². The summed E-state index contributed by atoms with van der Waals surface area (Å²) >= 11 is 0.883. The van der Waals surface area contributed by atoms with Crippen LogP contribution in [0.2, 0.25) is 0 Å². The van der Waals surface area contributed by atoms with E-state index < -0.39 is 41.8 Å². The van der Waals surface area contributed by atoms with Crippen molar-refractivity contribution in [3.63, 3.8) is 0 Å². The minimum atomic E-state index is -1.39. The molecule has 0 radical (unpaired) electrons. The number of aliphatic carboxylic acids is 1. The van der Waals surface area contributed by atoms with E-state index in [1.165, 1.54) is 14.0 Å². The van der Waals surface area contributed by atoms with Crippen molar-refractivity contribution in [3.05, 3.63) is 67.2 Å². The Balaban J connectivity index is 2.26. The number of carbonyl (C=O) groups excluding carboxylic acids is 2. The lowest BCUT2D eigenvalue weighted by Crippen LogP contribution is -2.42. The molecule has 1 N–H and O–H groups in total. The number of hydrogen-bond acceptors (Lipinski definition) is 9. The average Bonchev–Trinajstić information content (AvgIpc) is 3.16. The van der Waals surface area contributed by atoms with Crippen LogP contribution in [-0.4, -0.2) is 52.5 Å². The number of carboxylic acids is 1. The first-order chi connectivity index (χ1) is 16.7. The van der Waals surface area contributed by atoms with Crippen LogP contribution in [0.3, 0.4) is 0 Å². The number of ether oxygens (including phenoxy) is 3. The fraction of sp³-hybridized carbons (Fsp3) is 0.348. The van der Waals surface area contributed by atoms with Crippen LogP contribution in [0.4, 0.5) is 0 Å². The van der Waals surface area contributed by atoms with Crippen molar-refractivity contribution in [1.29, 1.82) is 0 Å². The van der Waals surface area contributed by atoms with Gasteiger partial charge in [0.05, 0.1) is 18.5 Å². The summed E-state index contributed by atoms with van der Waals surface area (Å²) in [7, 11) is 1.33. The van der Waals surface area contributed by atoms with Gasteiger partial charge in [0.25, 0.3) is 5.56 Å². The second-order valence-corrected chi connectivity index (χ2v) is 8.46. The number of thiophene rings is 1. The first-order valence-electron chi connectivity index (χ1n) is 10.6. The van der Waals surface area contributed by atoms with E-state index in [9.17, 15) is 29.1 Å². The van der Waals surface area contributed by atoms with Gasteiger partial charge in [0.1, 0.15) is 29.0 Å². The number of carboxylic acid groups (broad SMARTS) is 1. The number of carbonyl (C=O) groups is 3.